The second kappa shape index (κ2) is 9.72. The fraction of sp³-hybridized carbons (Fsp3) is 0.500. The minimum absolute atomic E-state index is 0.149. The van der Waals surface area contributed by atoms with E-state index >= 15 is 0 Å². The predicted octanol–water partition coefficient (Wildman–Crippen LogP) is 0.523. The Balaban J connectivity index is 1.79. The summed E-state index contributed by atoms with van der Waals surface area (Å²) in [7, 11) is 2.93. The maximum Gasteiger partial charge on any atom is 0.309 e. The first kappa shape index (κ1) is 27.8. The molecule has 12 heteroatoms. The second-order valence-corrected chi connectivity index (χ2v) is 11.3. The Labute approximate surface area is 229 Å². The zero-order valence-electron chi connectivity index (χ0n) is 22.2. The number of primary amides is 1. The van der Waals surface area contributed by atoms with Gasteiger partial charge in [0, 0.05) is 17.5 Å². The topological polar surface area (TPSA) is 214 Å². The van der Waals surface area contributed by atoms with Crippen LogP contribution >= 0.6 is 0 Å². The summed E-state index contributed by atoms with van der Waals surface area (Å²) in [4.78, 5) is 54.8. The molecule has 0 aromatic heterocycles. The third-order valence-corrected chi connectivity index (χ3v) is 8.87. The van der Waals surface area contributed by atoms with Gasteiger partial charge in [0.25, 0.3) is 5.91 Å². The van der Waals surface area contributed by atoms with Gasteiger partial charge in [-0.2, -0.15) is 0 Å². The lowest BCUT2D eigenvalue weighted by atomic mass is 9.55. The Morgan fingerprint density at radius 2 is 1.73 bits per heavy atom. The third kappa shape index (κ3) is 3.77. The van der Waals surface area contributed by atoms with Gasteiger partial charge in [-0.05, 0) is 38.6 Å². The highest BCUT2D eigenvalue weighted by Crippen LogP contribution is 2.56. The normalized spacial score (nSPS) is 32.5. The van der Waals surface area contributed by atoms with Gasteiger partial charge in [0.1, 0.15) is 28.9 Å². The van der Waals surface area contributed by atoms with Crippen LogP contribution in [-0.2, 0) is 23.9 Å². The van der Waals surface area contributed by atoms with Crippen LogP contribution in [0.4, 0.5) is 0 Å². The largest absolute Gasteiger partial charge is 0.508 e. The Morgan fingerprint density at radius 3 is 2.33 bits per heavy atom. The predicted molar refractivity (Wildman–Crippen MR) is 139 cm³/mol. The fourth-order valence-corrected chi connectivity index (χ4v) is 7.01. The summed E-state index contributed by atoms with van der Waals surface area (Å²) in [5.41, 5.74) is 7.68. The molecule has 8 N–H and O–H groups in total. The first-order valence-corrected chi connectivity index (χ1v) is 13.3. The number of phenolic OH excluding ortho intramolecular Hbond substituents is 1. The van der Waals surface area contributed by atoms with Gasteiger partial charge in [-0.15, -0.1) is 0 Å². The van der Waals surface area contributed by atoms with Crippen molar-refractivity contribution in [1.82, 2.24) is 4.90 Å². The molecule has 0 unspecified atom stereocenters. The van der Waals surface area contributed by atoms with Gasteiger partial charge in [-0.3, -0.25) is 24.1 Å². The summed E-state index contributed by atoms with van der Waals surface area (Å²) in [5.74, 6) is -9.95. The molecule has 12 nitrogen and oxygen atoms in total. The molecule has 0 heterocycles. The highest BCUT2D eigenvalue weighted by Gasteiger charge is 2.69. The van der Waals surface area contributed by atoms with Gasteiger partial charge >= 0.3 is 5.97 Å². The highest BCUT2D eigenvalue weighted by molar-refractivity contribution is 6.24. The van der Waals surface area contributed by atoms with E-state index in [0.29, 0.717) is 12.8 Å². The lowest BCUT2D eigenvalue weighted by Gasteiger charge is -2.54. The van der Waals surface area contributed by atoms with Crippen molar-refractivity contribution >= 4 is 29.2 Å². The molecule has 214 valence electrons. The molecule has 0 radical (unpaired) electrons. The van der Waals surface area contributed by atoms with Crippen LogP contribution in [0.2, 0.25) is 0 Å². The quantitative estimate of drug-likeness (QED) is 0.222. The molecule has 1 aromatic rings. The van der Waals surface area contributed by atoms with Crippen molar-refractivity contribution in [3.8, 4) is 5.75 Å². The first-order valence-electron chi connectivity index (χ1n) is 13.3. The van der Waals surface area contributed by atoms with Crippen LogP contribution in [0, 0.1) is 17.8 Å². The molecule has 4 aliphatic carbocycles. The summed E-state index contributed by atoms with van der Waals surface area (Å²) >= 11 is 0. The number of benzene rings is 1. The lowest BCUT2D eigenvalue weighted by Crippen LogP contribution is -2.71. The summed E-state index contributed by atoms with van der Waals surface area (Å²) < 4.78 is 6.05. The van der Waals surface area contributed by atoms with Crippen molar-refractivity contribution in [3.63, 3.8) is 0 Å². The maximum absolute atomic E-state index is 14.2. The van der Waals surface area contributed by atoms with Crippen LogP contribution in [0.1, 0.15) is 49.3 Å². The van der Waals surface area contributed by atoms with Gasteiger partial charge in [0.05, 0.1) is 23.4 Å². The van der Waals surface area contributed by atoms with Crippen LogP contribution in [0.25, 0.3) is 5.76 Å². The Kier molecular flexibility index (Phi) is 6.76. The number of ether oxygens (including phenoxy) is 1. The van der Waals surface area contributed by atoms with Crippen molar-refractivity contribution in [2.45, 2.75) is 55.9 Å². The van der Waals surface area contributed by atoms with Gasteiger partial charge < -0.3 is 36.6 Å². The molecular weight excluding hydrogens is 522 g/mol. The standard InChI is InChI=1S/C28H33N3O9/c1-31(2)20-18-23(40-27(38)11-7-4-3-5-8-11)15-16(21(33)14-12(19(15)29)9-6-10-13(14)32)24(35)28(18,39)25(36)17(22(20)34)26(30)37/h6,9-11,15,18-20,23,32-33,36,39H,3-5,7-8,29H2,1-2H3,(H2,30,37)/t15-,18+,19-,20-,23-,28-/m0/s1. The van der Waals surface area contributed by atoms with E-state index in [2.05, 4.69) is 0 Å². The van der Waals surface area contributed by atoms with E-state index in [-0.39, 0.29) is 11.1 Å². The summed E-state index contributed by atoms with van der Waals surface area (Å²) in [6.45, 7) is 0. The number of hydrogen-bond acceptors (Lipinski definition) is 11. The van der Waals surface area contributed by atoms with E-state index in [1.54, 1.807) is 0 Å². The molecule has 0 aliphatic heterocycles. The van der Waals surface area contributed by atoms with Crippen LogP contribution in [0.3, 0.4) is 0 Å². The van der Waals surface area contributed by atoms with Crippen molar-refractivity contribution < 1.29 is 44.3 Å². The number of fused-ring (bicyclic) bond motifs is 3. The molecule has 1 aromatic carbocycles. The van der Waals surface area contributed by atoms with Crippen molar-refractivity contribution in [3.05, 3.63) is 46.2 Å². The average Bonchev–Trinajstić information content (AvgIpc) is 2.90. The number of carbonyl (C=O) groups is 4. The SMILES string of the molecule is CN(C)[C@@H]1C(=O)C(C(N)=O)=C(O)[C@@]2(O)C(=O)C3=C(O)c4c(O)cccc4[C@H](N)[C@H]3[C@H](OC(=O)C3CCCCC3)[C@@H]12. The number of aliphatic hydroxyl groups excluding tert-OH is 2. The number of phenols is 1. The number of ketones is 2. The van der Waals surface area contributed by atoms with Crippen molar-refractivity contribution in [2.24, 2.45) is 29.2 Å². The molecule has 2 fully saturated rings. The number of hydrogen-bond donors (Lipinski definition) is 6. The van der Waals surface area contributed by atoms with E-state index in [0.717, 1.165) is 19.3 Å². The van der Waals surface area contributed by atoms with E-state index in [9.17, 15) is 39.6 Å². The number of rotatable bonds is 4. The van der Waals surface area contributed by atoms with E-state index in [4.69, 9.17) is 16.2 Å². The van der Waals surface area contributed by atoms with Gasteiger partial charge in [-0.1, -0.05) is 31.4 Å². The number of amides is 1. The summed E-state index contributed by atoms with van der Waals surface area (Å²) in [6.07, 6.45) is 2.20. The molecule has 40 heavy (non-hydrogen) atoms. The number of aromatic hydroxyl groups is 1. The Morgan fingerprint density at radius 1 is 1.07 bits per heavy atom. The third-order valence-electron chi connectivity index (χ3n) is 8.87. The van der Waals surface area contributed by atoms with Crippen molar-refractivity contribution in [1.29, 1.82) is 0 Å². The number of esters is 1. The molecular formula is C28H33N3O9. The maximum atomic E-state index is 14.2. The van der Waals surface area contributed by atoms with E-state index in [1.165, 1.54) is 37.2 Å². The number of likely N-dealkylation sites (N-methyl/N-ethyl adjacent to an activating group) is 1. The molecule has 6 atom stereocenters. The first-order chi connectivity index (χ1) is 18.8. The summed E-state index contributed by atoms with van der Waals surface area (Å²) in [5, 5.41) is 45.1. The average molecular weight is 556 g/mol. The number of nitrogens with zero attached hydrogens (tertiary/aromatic N) is 1. The van der Waals surface area contributed by atoms with Crippen LogP contribution < -0.4 is 11.5 Å². The highest BCUT2D eigenvalue weighted by atomic mass is 16.5. The Bertz CT molecular complexity index is 1380. The molecule has 0 saturated heterocycles. The fourth-order valence-electron chi connectivity index (χ4n) is 7.01. The number of carbonyl (C=O) groups excluding carboxylic acids is 4. The minimum atomic E-state index is -2.99. The van der Waals surface area contributed by atoms with E-state index < -0.39 is 93.4 Å². The minimum Gasteiger partial charge on any atom is -0.508 e. The number of nitrogens with two attached hydrogens (primary N) is 2. The monoisotopic (exact) mass is 555 g/mol. The van der Waals surface area contributed by atoms with Crippen LogP contribution in [-0.4, -0.2) is 80.6 Å². The zero-order valence-corrected chi connectivity index (χ0v) is 22.2. The van der Waals surface area contributed by atoms with Crippen LogP contribution in [0.15, 0.2) is 35.1 Å². The second-order valence-electron chi connectivity index (χ2n) is 11.3. The number of Topliss-reactive ketones (excluding diaryl/α,β-unsaturated/α-hetero) is 2. The van der Waals surface area contributed by atoms with Crippen molar-refractivity contribution in [2.75, 3.05) is 14.1 Å². The smallest absolute Gasteiger partial charge is 0.309 e. The molecule has 5 rings (SSSR count). The molecule has 0 bridgehead atoms. The van der Waals surface area contributed by atoms with E-state index in [1.807, 2.05) is 0 Å². The van der Waals surface area contributed by atoms with Crippen LogP contribution in [0.5, 0.6) is 5.75 Å². The lowest BCUT2D eigenvalue weighted by molar-refractivity contribution is -0.188. The Hall–Kier alpha value is -3.74. The molecule has 2 saturated carbocycles. The zero-order chi connectivity index (χ0) is 29.3. The molecule has 4 aliphatic rings. The number of aliphatic hydroxyl groups is 3. The summed E-state index contributed by atoms with van der Waals surface area (Å²) in [6, 6.07) is 1.73. The van der Waals surface area contributed by atoms with Gasteiger partial charge in [-0.25, -0.2) is 0 Å². The van der Waals surface area contributed by atoms with Gasteiger partial charge in [0.2, 0.25) is 5.78 Å². The van der Waals surface area contributed by atoms with Gasteiger partial charge in [0.15, 0.2) is 11.4 Å². The molecule has 1 amide bonds. The molecule has 0 spiro atoms.